The Bertz CT molecular complexity index is 2020. The van der Waals surface area contributed by atoms with Crippen LogP contribution in [-0.4, -0.2) is 74.7 Å². The molecule has 228 valence electrons. The second-order valence-electron chi connectivity index (χ2n) is 7.94. The van der Waals surface area contributed by atoms with Crippen LogP contribution in [0.1, 0.15) is 0 Å². The Kier molecular flexibility index (Phi) is 9.20. The summed E-state index contributed by atoms with van der Waals surface area (Å²) in [7, 11) is -15.0. The van der Waals surface area contributed by atoms with E-state index in [1.165, 1.54) is 24.3 Å². The summed E-state index contributed by atoms with van der Waals surface area (Å²) < 4.78 is 102. The van der Waals surface area contributed by atoms with Gasteiger partial charge in [0.2, 0.25) is 33.7 Å². The molecule has 2 aromatic heterocycles. The SMILES string of the molecule is O=S(=O)(O)CN(c1ccccc1)c1nc(Cl)nc(Nc2cc(S(=O)(=O)O)c(Nc3nc(Cl)nc(Cl)n3)cc2S(=O)(=O)O)n1. The van der Waals surface area contributed by atoms with E-state index in [1.807, 2.05) is 0 Å². The Balaban J connectivity index is 1.86. The lowest BCUT2D eigenvalue weighted by atomic mass is 10.2. The minimum Gasteiger partial charge on any atom is -0.323 e. The predicted molar refractivity (Wildman–Crippen MR) is 152 cm³/mol. The van der Waals surface area contributed by atoms with Crippen molar-refractivity contribution < 1.29 is 38.9 Å². The van der Waals surface area contributed by atoms with Gasteiger partial charge in [-0.1, -0.05) is 18.2 Å². The van der Waals surface area contributed by atoms with Gasteiger partial charge < -0.3 is 10.6 Å². The molecule has 24 heteroatoms. The van der Waals surface area contributed by atoms with Crippen LogP contribution >= 0.6 is 34.8 Å². The van der Waals surface area contributed by atoms with Crippen molar-refractivity contribution in [3.05, 3.63) is 58.3 Å². The molecule has 0 fully saturated rings. The highest BCUT2D eigenvalue weighted by molar-refractivity contribution is 7.86. The fourth-order valence-electron chi connectivity index (χ4n) is 3.34. The van der Waals surface area contributed by atoms with Crippen LogP contribution in [-0.2, 0) is 30.4 Å². The van der Waals surface area contributed by atoms with E-state index >= 15 is 0 Å². The van der Waals surface area contributed by atoms with E-state index in [2.05, 4.69) is 40.5 Å². The van der Waals surface area contributed by atoms with Gasteiger partial charge >= 0.3 is 0 Å². The third kappa shape index (κ3) is 8.52. The summed E-state index contributed by atoms with van der Waals surface area (Å²) >= 11 is 17.4. The van der Waals surface area contributed by atoms with Crippen LogP contribution in [0.15, 0.2) is 52.3 Å². The van der Waals surface area contributed by atoms with E-state index in [4.69, 9.17) is 34.8 Å². The van der Waals surface area contributed by atoms with Crippen LogP contribution in [0.3, 0.4) is 0 Å². The Hall–Kier alpha value is -3.54. The fraction of sp³-hybridized carbons (Fsp3) is 0.0526. The monoisotopic (exact) mass is 713 g/mol. The van der Waals surface area contributed by atoms with Gasteiger partial charge in [-0.3, -0.25) is 18.6 Å². The minimum absolute atomic E-state index is 0.176. The van der Waals surface area contributed by atoms with Gasteiger partial charge in [-0.05, 0) is 59.1 Å². The van der Waals surface area contributed by atoms with Gasteiger partial charge in [-0.15, -0.1) is 0 Å². The first kappa shape index (κ1) is 32.4. The van der Waals surface area contributed by atoms with E-state index in [-0.39, 0.29) is 5.69 Å². The zero-order chi connectivity index (χ0) is 31.7. The number of hydrogen-bond acceptors (Lipinski definition) is 15. The predicted octanol–water partition coefficient (Wildman–Crippen LogP) is 2.98. The molecular weight excluding hydrogens is 701 g/mol. The van der Waals surface area contributed by atoms with Crippen LogP contribution in [0.4, 0.5) is 34.9 Å². The average molecular weight is 715 g/mol. The largest absolute Gasteiger partial charge is 0.323 e. The molecule has 0 amide bonds. The van der Waals surface area contributed by atoms with Gasteiger partial charge in [0.25, 0.3) is 30.4 Å². The van der Waals surface area contributed by atoms with Crippen molar-refractivity contribution in [2.24, 2.45) is 0 Å². The average Bonchev–Trinajstić information content (AvgIpc) is 2.86. The number of rotatable bonds is 10. The molecular formula is C19H14Cl3N9O9S3. The third-order valence-electron chi connectivity index (χ3n) is 4.91. The third-order valence-corrected chi connectivity index (χ3v) is 7.79. The summed E-state index contributed by atoms with van der Waals surface area (Å²) in [5, 5.41) is 3.24. The van der Waals surface area contributed by atoms with Gasteiger partial charge in [0, 0.05) is 5.69 Å². The maximum Gasteiger partial charge on any atom is 0.296 e. The summed E-state index contributed by atoms with van der Waals surface area (Å²) in [6.45, 7) is 0. The summed E-state index contributed by atoms with van der Waals surface area (Å²) in [5.41, 5.74) is -1.19. The number of nitrogens with one attached hydrogen (secondary N) is 2. The van der Waals surface area contributed by atoms with Crippen molar-refractivity contribution in [3.63, 3.8) is 0 Å². The molecule has 0 aliphatic carbocycles. The van der Waals surface area contributed by atoms with Gasteiger partial charge in [-0.25, -0.2) is 0 Å². The normalized spacial score (nSPS) is 12.1. The number of benzene rings is 2. The molecule has 0 bridgehead atoms. The number of aromatic nitrogens is 6. The van der Waals surface area contributed by atoms with E-state index in [1.54, 1.807) is 6.07 Å². The number of nitrogens with zero attached hydrogens (tertiary/aromatic N) is 7. The van der Waals surface area contributed by atoms with Crippen LogP contribution in [0.2, 0.25) is 15.9 Å². The molecule has 0 aliphatic heterocycles. The van der Waals surface area contributed by atoms with E-state index in [0.29, 0.717) is 12.1 Å². The molecule has 4 aromatic rings. The van der Waals surface area contributed by atoms with Gasteiger partial charge in [-0.2, -0.15) is 55.2 Å². The first-order valence-electron chi connectivity index (χ1n) is 10.8. The number of anilines is 6. The highest BCUT2D eigenvalue weighted by atomic mass is 35.5. The van der Waals surface area contributed by atoms with Crippen LogP contribution in [0.25, 0.3) is 0 Å². The molecule has 0 unspecified atom stereocenters. The topological polar surface area (TPSA) is 268 Å². The molecule has 0 radical (unpaired) electrons. The molecule has 0 spiro atoms. The quantitative estimate of drug-likeness (QED) is 0.148. The van der Waals surface area contributed by atoms with Crippen LogP contribution < -0.4 is 15.5 Å². The molecule has 43 heavy (non-hydrogen) atoms. The lowest BCUT2D eigenvalue weighted by Crippen LogP contribution is -2.27. The van der Waals surface area contributed by atoms with E-state index in [0.717, 1.165) is 4.90 Å². The number of halogens is 3. The van der Waals surface area contributed by atoms with Crippen molar-refractivity contribution in [2.75, 3.05) is 21.4 Å². The van der Waals surface area contributed by atoms with Gasteiger partial charge in [0.15, 0.2) is 5.88 Å². The molecule has 0 aliphatic rings. The summed E-state index contributed by atoms with van der Waals surface area (Å²) in [6.07, 6.45) is 0. The van der Waals surface area contributed by atoms with E-state index < -0.39 is 91.1 Å². The Morgan fingerprint density at radius 1 is 0.651 bits per heavy atom. The van der Waals surface area contributed by atoms with Crippen LogP contribution in [0.5, 0.6) is 0 Å². The highest BCUT2D eigenvalue weighted by Crippen LogP contribution is 2.35. The van der Waals surface area contributed by atoms with Crippen LogP contribution in [0, 0.1) is 0 Å². The zero-order valence-corrected chi connectivity index (χ0v) is 25.2. The lowest BCUT2D eigenvalue weighted by molar-refractivity contribution is 0.479. The summed E-state index contributed by atoms with van der Waals surface area (Å²) in [5.74, 6) is -2.57. The molecule has 2 heterocycles. The molecule has 0 saturated carbocycles. The first-order chi connectivity index (χ1) is 19.9. The maximum absolute atomic E-state index is 12.3. The zero-order valence-electron chi connectivity index (χ0n) is 20.5. The first-order valence-corrected chi connectivity index (χ1v) is 16.4. The second kappa shape index (κ2) is 12.2. The highest BCUT2D eigenvalue weighted by Gasteiger charge is 2.27. The molecule has 18 nitrogen and oxygen atoms in total. The van der Waals surface area contributed by atoms with E-state index in [9.17, 15) is 38.9 Å². The second-order valence-corrected chi connectivity index (χ2v) is 13.2. The molecule has 4 rings (SSSR count). The molecule has 0 atom stereocenters. The van der Waals surface area contributed by atoms with Crippen molar-refractivity contribution in [1.29, 1.82) is 0 Å². The Morgan fingerprint density at radius 3 is 1.53 bits per heavy atom. The summed E-state index contributed by atoms with van der Waals surface area (Å²) in [6, 6.07) is 8.76. The molecule has 5 N–H and O–H groups in total. The number of para-hydroxylation sites is 1. The molecule has 2 aromatic carbocycles. The fourth-order valence-corrected chi connectivity index (χ4v) is 5.76. The Labute approximate surface area is 257 Å². The molecule has 0 saturated heterocycles. The standard InChI is InChI=1S/C19H14Cl3N9O9S3/c20-14-25-15(21)27-17(26-14)23-10-6-13(43(38,39)40)11(7-12(10)42(35,36)37)24-18-28-16(22)29-19(30-18)31(8-41(32,33)34)9-4-2-1-3-5-9/h1-7H,8H2,(H,32,33,34)(H,35,36,37)(H,38,39,40)(H,23,25,26,27)(H,24,28,29,30). The van der Waals surface area contributed by atoms with Crippen molar-refractivity contribution in [3.8, 4) is 0 Å². The summed E-state index contributed by atoms with van der Waals surface area (Å²) in [4.78, 5) is 21.4. The van der Waals surface area contributed by atoms with Gasteiger partial charge in [0.1, 0.15) is 9.79 Å². The lowest BCUT2D eigenvalue weighted by Gasteiger charge is -2.21. The van der Waals surface area contributed by atoms with Crippen molar-refractivity contribution in [1.82, 2.24) is 29.9 Å². The minimum atomic E-state index is -5.16. The van der Waals surface area contributed by atoms with Gasteiger partial charge in [0.05, 0.1) is 11.4 Å². The smallest absolute Gasteiger partial charge is 0.296 e. The van der Waals surface area contributed by atoms with Crippen molar-refractivity contribution >= 4 is 100 Å². The number of hydrogen-bond donors (Lipinski definition) is 5. The van der Waals surface area contributed by atoms with Crippen molar-refractivity contribution in [2.45, 2.75) is 9.79 Å². The maximum atomic E-state index is 12.3. The Morgan fingerprint density at radius 2 is 1.09 bits per heavy atom.